The number of hydrogen-bond donors (Lipinski definition) is 1. The van der Waals surface area contributed by atoms with Gasteiger partial charge in [0, 0.05) is 30.8 Å². The molecule has 1 aliphatic carbocycles. The molecule has 3 nitrogen and oxygen atoms in total. The molecule has 4 heteroatoms. The lowest BCUT2D eigenvalue weighted by molar-refractivity contribution is -0.116. The zero-order chi connectivity index (χ0) is 14.1. The van der Waals surface area contributed by atoms with E-state index in [0.29, 0.717) is 18.4 Å². The number of nitrogens with zero attached hydrogens (tertiary/aromatic N) is 1. The minimum absolute atomic E-state index is 0.0281. The zero-order valence-electron chi connectivity index (χ0n) is 11.2. The SMILES string of the molecule is CN=CC1=C(O)CC(c2csc3ccccc23)CC1=O. The van der Waals surface area contributed by atoms with E-state index in [-0.39, 0.29) is 17.5 Å². The van der Waals surface area contributed by atoms with Crippen LogP contribution in [0.2, 0.25) is 0 Å². The van der Waals surface area contributed by atoms with E-state index in [1.807, 2.05) is 12.1 Å². The van der Waals surface area contributed by atoms with Crippen LogP contribution >= 0.6 is 11.3 Å². The van der Waals surface area contributed by atoms with Crippen molar-refractivity contribution in [3.8, 4) is 0 Å². The summed E-state index contributed by atoms with van der Waals surface area (Å²) >= 11 is 1.69. The Morgan fingerprint density at radius 3 is 2.90 bits per heavy atom. The molecule has 2 aromatic rings. The summed E-state index contributed by atoms with van der Waals surface area (Å²) in [7, 11) is 1.60. The van der Waals surface area contributed by atoms with E-state index in [1.54, 1.807) is 18.4 Å². The van der Waals surface area contributed by atoms with Gasteiger partial charge < -0.3 is 5.11 Å². The second-order valence-corrected chi connectivity index (χ2v) is 5.87. The molecule has 1 N–H and O–H groups in total. The number of Topliss-reactive ketones (excluding diaryl/α,β-unsaturated/α-hetero) is 1. The van der Waals surface area contributed by atoms with Crippen LogP contribution in [0.4, 0.5) is 0 Å². The lowest BCUT2D eigenvalue weighted by Gasteiger charge is -2.21. The van der Waals surface area contributed by atoms with Gasteiger partial charge in [-0.3, -0.25) is 9.79 Å². The van der Waals surface area contributed by atoms with Crippen molar-refractivity contribution in [2.45, 2.75) is 18.8 Å². The molecule has 20 heavy (non-hydrogen) atoms. The average molecular weight is 285 g/mol. The van der Waals surface area contributed by atoms with Gasteiger partial charge in [0.2, 0.25) is 0 Å². The monoisotopic (exact) mass is 285 g/mol. The summed E-state index contributed by atoms with van der Waals surface area (Å²) in [6, 6.07) is 8.18. The maximum absolute atomic E-state index is 12.1. The molecule has 1 aromatic heterocycles. The molecule has 1 aromatic carbocycles. The Kier molecular flexibility index (Phi) is 3.40. The van der Waals surface area contributed by atoms with E-state index in [2.05, 4.69) is 22.5 Å². The van der Waals surface area contributed by atoms with Crippen molar-refractivity contribution in [2.24, 2.45) is 4.99 Å². The Labute approximate surface area is 121 Å². The number of benzene rings is 1. The van der Waals surface area contributed by atoms with Gasteiger partial charge in [0.05, 0.1) is 5.57 Å². The lowest BCUT2D eigenvalue weighted by atomic mass is 9.83. The van der Waals surface area contributed by atoms with Crippen LogP contribution < -0.4 is 0 Å². The molecule has 0 saturated carbocycles. The highest BCUT2D eigenvalue weighted by Crippen LogP contribution is 2.39. The molecule has 1 atom stereocenters. The first kappa shape index (κ1) is 13.1. The number of rotatable bonds is 2. The summed E-state index contributed by atoms with van der Waals surface area (Å²) in [4.78, 5) is 16.0. The standard InChI is InChI=1S/C16H15NO2S/c1-17-8-12-14(18)6-10(7-15(12)19)13-9-20-16-5-3-2-4-11(13)16/h2-5,8-10,18H,6-7H2,1H3. The van der Waals surface area contributed by atoms with Gasteiger partial charge in [-0.05, 0) is 28.3 Å². The molecular formula is C16H15NO2S. The molecule has 0 saturated heterocycles. The fourth-order valence-corrected chi connectivity index (χ4v) is 3.76. The van der Waals surface area contributed by atoms with Crippen molar-refractivity contribution < 1.29 is 9.90 Å². The van der Waals surface area contributed by atoms with Gasteiger partial charge >= 0.3 is 0 Å². The van der Waals surface area contributed by atoms with Crippen LogP contribution in [0.3, 0.4) is 0 Å². The molecule has 0 amide bonds. The van der Waals surface area contributed by atoms with Gasteiger partial charge in [0.15, 0.2) is 5.78 Å². The van der Waals surface area contributed by atoms with Gasteiger partial charge in [-0.25, -0.2) is 0 Å². The van der Waals surface area contributed by atoms with Gasteiger partial charge in [-0.15, -0.1) is 11.3 Å². The third-order valence-electron chi connectivity index (χ3n) is 3.69. The largest absolute Gasteiger partial charge is 0.511 e. The molecule has 3 rings (SSSR count). The number of ketones is 1. The number of carbonyl (C=O) groups is 1. The Bertz CT molecular complexity index is 727. The van der Waals surface area contributed by atoms with E-state index in [9.17, 15) is 9.90 Å². The van der Waals surface area contributed by atoms with Crippen molar-refractivity contribution in [1.82, 2.24) is 0 Å². The predicted molar refractivity (Wildman–Crippen MR) is 82.9 cm³/mol. The van der Waals surface area contributed by atoms with Crippen LogP contribution in [0, 0.1) is 0 Å². The third kappa shape index (κ3) is 2.16. The summed E-state index contributed by atoms with van der Waals surface area (Å²) in [5, 5.41) is 13.4. The van der Waals surface area contributed by atoms with Crippen LogP contribution in [0.15, 0.2) is 46.0 Å². The van der Waals surface area contributed by atoms with E-state index in [0.717, 1.165) is 5.56 Å². The summed E-state index contributed by atoms with van der Waals surface area (Å²) in [5.41, 5.74) is 1.53. The Morgan fingerprint density at radius 2 is 2.15 bits per heavy atom. The number of thiophene rings is 1. The summed E-state index contributed by atoms with van der Waals surface area (Å²) in [6.45, 7) is 0. The first-order chi connectivity index (χ1) is 9.70. The molecular weight excluding hydrogens is 270 g/mol. The minimum atomic E-state index is -0.0281. The first-order valence-corrected chi connectivity index (χ1v) is 7.42. The molecule has 0 radical (unpaired) electrons. The van der Waals surface area contributed by atoms with E-state index >= 15 is 0 Å². The van der Waals surface area contributed by atoms with Crippen molar-refractivity contribution in [1.29, 1.82) is 0 Å². The fourth-order valence-electron chi connectivity index (χ4n) is 2.72. The number of allylic oxidation sites excluding steroid dienone is 2. The number of hydrogen-bond acceptors (Lipinski definition) is 4. The Hall–Kier alpha value is -1.94. The topological polar surface area (TPSA) is 49.7 Å². The highest BCUT2D eigenvalue weighted by molar-refractivity contribution is 7.17. The quantitative estimate of drug-likeness (QED) is 0.852. The summed E-state index contributed by atoms with van der Waals surface area (Å²) < 4.78 is 1.22. The lowest BCUT2D eigenvalue weighted by Crippen LogP contribution is -2.19. The second kappa shape index (κ2) is 5.21. The molecule has 0 aliphatic heterocycles. The van der Waals surface area contributed by atoms with Gasteiger partial charge in [-0.1, -0.05) is 18.2 Å². The fraction of sp³-hybridized carbons (Fsp3) is 0.250. The van der Waals surface area contributed by atoms with Gasteiger partial charge in [0.1, 0.15) is 5.76 Å². The number of aliphatic hydroxyl groups excluding tert-OH is 1. The second-order valence-electron chi connectivity index (χ2n) is 4.96. The summed E-state index contributed by atoms with van der Waals surface area (Å²) in [5.74, 6) is 0.194. The molecule has 1 aliphatic rings. The number of carbonyl (C=O) groups excluding carboxylic acids is 1. The maximum atomic E-state index is 12.1. The third-order valence-corrected chi connectivity index (χ3v) is 4.67. The van der Waals surface area contributed by atoms with Crippen molar-refractivity contribution in [3.05, 3.63) is 46.5 Å². The highest BCUT2D eigenvalue weighted by atomic mass is 32.1. The predicted octanol–water partition coefficient (Wildman–Crippen LogP) is 3.86. The minimum Gasteiger partial charge on any atom is -0.511 e. The van der Waals surface area contributed by atoms with Crippen LogP contribution in [0.25, 0.3) is 10.1 Å². The smallest absolute Gasteiger partial charge is 0.168 e. The molecule has 1 unspecified atom stereocenters. The maximum Gasteiger partial charge on any atom is 0.168 e. The first-order valence-electron chi connectivity index (χ1n) is 6.54. The molecule has 102 valence electrons. The van der Waals surface area contributed by atoms with Crippen molar-refractivity contribution in [2.75, 3.05) is 7.05 Å². The molecule has 0 bridgehead atoms. The van der Waals surface area contributed by atoms with Crippen LogP contribution in [0.5, 0.6) is 0 Å². The van der Waals surface area contributed by atoms with Crippen LogP contribution in [-0.2, 0) is 4.79 Å². The summed E-state index contributed by atoms with van der Waals surface area (Å²) in [6.07, 6.45) is 2.40. The number of aliphatic hydroxyl groups is 1. The van der Waals surface area contributed by atoms with Crippen LogP contribution in [0.1, 0.15) is 24.3 Å². The average Bonchev–Trinajstić information content (AvgIpc) is 2.86. The molecule has 0 fully saturated rings. The molecule has 0 spiro atoms. The molecule has 1 heterocycles. The van der Waals surface area contributed by atoms with Crippen molar-refractivity contribution >= 4 is 33.4 Å². The van der Waals surface area contributed by atoms with Gasteiger partial charge in [0.25, 0.3) is 0 Å². The van der Waals surface area contributed by atoms with E-state index in [4.69, 9.17) is 0 Å². The Morgan fingerprint density at radius 1 is 1.35 bits per heavy atom. The van der Waals surface area contributed by atoms with Gasteiger partial charge in [-0.2, -0.15) is 0 Å². The highest BCUT2D eigenvalue weighted by Gasteiger charge is 2.29. The van der Waals surface area contributed by atoms with E-state index < -0.39 is 0 Å². The van der Waals surface area contributed by atoms with Crippen LogP contribution in [-0.4, -0.2) is 24.2 Å². The number of aliphatic imine (C=N–C) groups is 1. The Balaban J connectivity index is 2.00. The zero-order valence-corrected chi connectivity index (χ0v) is 12.0. The number of fused-ring (bicyclic) bond motifs is 1. The van der Waals surface area contributed by atoms with Crippen molar-refractivity contribution in [3.63, 3.8) is 0 Å². The normalized spacial score (nSPS) is 20.2. The van der Waals surface area contributed by atoms with E-state index in [1.165, 1.54) is 16.3 Å².